The van der Waals surface area contributed by atoms with Gasteiger partial charge in [0, 0.05) is 6.04 Å². The van der Waals surface area contributed by atoms with Crippen LogP contribution in [0.3, 0.4) is 0 Å². The summed E-state index contributed by atoms with van der Waals surface area (Å²) in [6.07, 6.45) is 0.484. The molecule has 0 saturated carbocycles. The van der Waals surface area contributed by atoms with Gasteiger partial charge in [-0.25, -0.2) is 8.42 Å². The summed E-state index contributed by atoms with van der Waals surface area (Å²) in [6.45, 7) is 3.40. The first-order valence-electron chi connectivity index (χ1n) is 4.89. The lowest BCUT2D eigenvalue weighted by molar-refractivity contribution is -0.140. The predicted molar refractivity (Wildman–Crippen MR) is 58.1 cm³/mol. The molecule has 0 radical (unpaired) electrons. The van der Waals surface area contributed by atoms with Gasteiger partial charge in [0.05, 0.1) is 24.5 Å². The molecule has 0 rings (SSSR count). The molecule has 0 aliphatic rings. The minimum Gasteiger partial charge on any atom is -0.469 e. The second kappa shape index (κ2) is 6.07. The van der Waals surface area contributed by atoms with E-state index in [0.29, 0.717) is 6.42 Å². The molecule has 0 spiro atoms. The molecule has 2 unspecified atom stereocenters. The second-order valence-corrected chi connectivity index (χ2v) is 5.95. The van der Waals surface area contributed by atoms with Crippen molar-refractivity contribution >= 4 is 15.8 Å². The molecule has 0 aliphatic heterocycles. The summed E-state index contributed by atoms with van der Waals surface area (Å²) in [7, 11) is -2.07. The molecule has 90 valence electrons. The lowest BCUT2D eigenvalue weighted by Gasteiger charge is -2.18. The molecule has 15 heavy (non-hydrogen) atoms. The molecule has 2 atom stereocenters. The van der Waals surface area contributed by atoms with Crippen LogP contribution in [0.2, 0.25) is 0 Å². The van der Waals surface area contributed by atoms with E-state index in [1.807, 2.05) is 6.92 Å². The molecule has 0 aromatic rings. The fourth-order valence-electron chi connectivity index (χ4n) is 1.11. The van der Waals surface area contributed by atoms with Gasteiger partial charge in [-0.1, -0.05) is 6.92 Å². The largest absolute Gasteiger partial charge is 0.469 e. The lowest BCUT2D eigenvalue weighted by Crippen LogP contribution is -2.39. The molecule has 0 aromatic heterocycles. The highest BCUT2D eigenvalue weighted by molar-refractivity contribution is 7.92. The molecule has 0 amide bonds. The SMILES string of the molecule is CCC(N)C(C)S(=O)(=O)CCC(=O)OC. The Bertz CT molecular complexity index is 299. The van der Waals surface area contributed by atoms with Gasteiger partial charge in [0.15, 0.2) is 9.84 Å². The number of hydrogen-bond donors (Lipinski definition) is 1. The van der Waals surface area contributed by atoms with Gasteiger partial charge < -0.3 is 10.5 Å². The molecule has 6 heteroatoms. The predicted octanol–water partition coefficient (Wildman–Crippen LogP) is 0.0901. The van der Waals surface area contributed by atoms with Crippen molar-refractivity contribution < 1.29 is 17.9 Å². The maximum Gasteiger partial charge on any atom is 0.306 e. The van der Waals surface area contributed by atoms with Crippen molar-refractivity contribution in [2.75, 3.05) is 12.9 Å². The van der Waals surface area contributed by atoms with Gasteiger partial charge in [-0.15, -0.1) is 0 Å². The quantitative estimate of drug-likeness (QED) is 0.662. The molecule has 5 nitrogen and oxygen atoms in total. The summed E-state index contributed by atoms with van der Waals surface area (Å²) in [5, 5.41) is -0.618. The zero-order chi connectivity index (χ0) is 12.1. The third-order valence-electron chi connectivity index (χ3n) is 2.46. The highest BCUT2D eigenvalue weighted by atomic mass is 32.2. The van der Waals surface area contributed by atoms with Gasteiger partial charge in [-0.05, 0) is 13.3 Å². The van der Waals surface area contributed by atoms with Crippen LogP contribution in [-0.2, 0) is 19.4 Å². The third kappa shape index (κ3) is 4.61. The summed E-state index contributed by atoms with van der Waals surface area (Å²) in [5.74, 6) is -0.718. The zero-order valence-corrected chi connectivity index (χ0v) is 10.2. The van der Waals surface area contributed by atoms with Crippen LogP contribution in [0.5, 0.6) is 0 Å². The lowest BCUT2D eigenvalue weighted by atomic mass is 10.2. The van der Waals surface area contributed by atoms with Crippen LogP contribution in [0.25, 0.3) is 0 Å². The Balaban J connectivity index is 4.36. The van der Waals surface area contributed by atoms with E-state index in [2.05, 4.69) is 4.74 Å². The smallest absolute Gasteiger partial charge is 0.306 e. The highest BCUT2D eigenvalue weighted by Gasteiger charge is 2.26. The number of hydrogen-bond acceptors (Lipinski definition) is 5. The highest BCUT2D eigenvalue weighted by Crippen LogP contribution is 2.09. The van der Waals surface area contributed by atoms with Gasteiger partial charge in [0.1, 0.15) is 0 Å². The number of carbonyl (C=O) groups is 1. The molecule has 0 saturated heterocycles. The maximum absolute atomic E-state index is 11.7. The Morgan fingerprint density at radius 2 is 2.00 bits per heavy atom. The maximum atomic E-state index is 11.7. The van der Waals surface area contributed by atoms with E-state index in [1.54, 1.807) is 6.92 Å². The molecule has 0 aliphatic carbocycles. The first-order chi connectivity index (χ1) is 6.85. The van der Waals surface area contributed by atoms with E-state index in [1.165, 1.54) is 7.11 Å². The van der Waals surface area contributed by atoms with Crippen molar-refractivity contribution in [1.82, 2.24) is 0 Å². The Kier molecular flexibility index (Phi) is 5.82. The topological polar surface area (TPSA) is 86.5 Å². The summed E-state index contributed by atoms with van der Waals surface area (Å²) in [4.78, 5) is 10.8. The normalized spacial score (nSPS) is 15.7. The Morgan fingerprint density at radius 1 is 1.47 bits per heavy atom. The summed E-state index contributed by atoms with van der Waals surface area (Å²) < 4.78 is 27.7. The third-order valence-corrected chi connectivity index (χ3v) is 4.71. The van der Waals surface area contributed by atoms with Gasteiger partial charge in [-0.3, -0.25) is 4.79 Å². The number of rotatable bonds is 6. The van der Waals surface area contributed by atoms with Gasteiger partial charge in [0.2, 0.25) is 0 Å². The zero-order valence-electron chi connectivity index (χ0n) is 9.39. The van der Waals surface area contributed by atoms with Crippen LogP contribution in [0.1, 0.15) is 26.7 Å². The van der Waals surface area contributed by atoms with E-state index in [-0.39, 0.29) is 18.2 Å². The average molecular weight is 237 g/mol. The standard InChI is InChI=1S/C9H19NO4S/c1-4-8(10)7(2)15(12,13)6-5-9(11)14-3/h7-8H,4-6,10H2,1-3H3. The summed E-state index contributed by atoms with van der Waals surface area (Å²) in [6, 6.07) is -0.382. The van der Waals surface area contributed by atoms with Crippen molar-refractivity contribution in [3.63, 3.8) is 0 Å². The molecule has 0 fully saturated rings. The minimum atomic E-state index is -3.30. The van der Waals surface area contributed by atoms with Gasteiger partial charge >= 0.3 is 5.97 Å². The average Bonchev–Trinajstić information content (AvgIpc) is 2.23. The molecule has 2 N–H and O–H groups in total. The van der Waals surface area contributed by atoms with Crippen molar-refractivity contribution in [3.05, 3.63) is 0 Å². The molecule has 0 aromatic carbocycles. The van der Waals surface area contributed by atoms with E-state index in [0.717, 1.165) is 0 Å². The van der Waals surface area contributed by atoms with E-state index >= 15 is 0 Å². The van der Waals surface area contributed by atoms with Crippen LogP contribution in [0.15, 0.2) is 0 Å². The first kappa shape index (κ1) is 14.4. The molecule has 0 bridgehead atoms. The van der Waals surface area contributed by atoms with Gasteiger partial charge in [-0.2, -0.15) is 0 Å². The number of esters is 1. The fraction of sp³-hybridized carbons (Fsp3) is 0.889. The monoisotopic (exact) mass is 237 g/mol. The van der Waals surface area contributed by atoms with Crippen LogP contribution in [0.4, 0.5) is 0 Å². The van der Waals surface area contributed by atoms with E-state index in [4.69, 9.17) is 5.73 Å². The first-order valence-corrected chi connectivity index (χ1v) is 6.60. The second-order valence-electron chi connectivity index (χ2n) is 3.47. The van der Waals surface area contributed by atoms with Crippen molar-refractivity contribution in [1.29, 1.82) is 0 Å². The summed E-state index contributed by atoms with van der Waals surface area (Å²) >= 11 is 0. The van der Waals surface area contributed by atoms with Crippen LogP contribution in [-0.4, -0.2) is 38.5 Å². The number of carbonyl (C=O) groups excluding carboxylic acids is 1. The van der Waals surface area contributed by atoms with Crippen LogP contribution < -0.4 is 5.73 Å². The molecular weight excluding hydrogens is 218 g/mol. The van der Waals surface area contributed by atoms with Crippen molar-refractivity contribution in [2.24, 2.45) is 5.73 Å². The Hall–Kier alpha value is -0.620. The summed E-state index contributed by atoms with van der Waals surface area (Å²) in [5.41, 5.74) is 5.65. The Labute approximate surface area is 90.9 Å². The molecule has 0 heterocycles. The Morgan fingerprint density at radius 3 is 2.40 bits per heavy atom. The number of nitrogens with two attached hydrogens (primary N) is 1. The number of sulfone groups is 1. The van der Waals surface area contributed by atoms with Crippen molar-refractivity contribution in [3.8, 4) is 0 Å². The van der Waals surface area contributed by atoms with E-state index < -0.39 is 21.1 Å². The molecular formula is C9H19NO4S. The van der Waals surface area contributed by atoms with E-state index in [9.17, 15) is 13.2 Å². The van der Waals surface area contributed by atoms with Crippen molar-refractivity contribution in [2.45, 2.75) is 38.0 Å². The van der Waals surface area contributed by atoms with Crippen LogP contribution in [0, 0.1) is 0 Å². The van der Waals surface area contributed by atoms with Gasteiger partial charge in [0.25, 0.3) is 0 Å². The number of ether oxygens (including phenoxy) is 1. The fourth-order valence-corrected chi connectivity index (χ4v) is 2.66. The minimum absolute atomic E-state index is 0.112. The number of methoxy groups -OCH3 is 1. The van der Waals surface area contributed by atoms with Crippen LogP contribution >= 0.6 is 0 Å².